The Morgan fingerprint density at radius 1 is 1.28 bits per heavy atom. The number of ether oxygens (including phenoxy) is 3. The van der Waals surface area contributed by atoms with Gasteiger partial charge in [-0.15, -0.1) is 0 Å². The van der Waals surface area contributed by atoms with Crippen molar-refractivity contribution in [2.24, 2.45) is 0 Å². The van der Waals surface area contributed by atoms with Crippen LogP contribution < -0.4 is 4.74 Å². The summed E-state index contributed by atoms with van der Waals surface area (Å²) in [5.41, 5.74) is 2.17. The second-order valence-corrected chi connectivity index (χ2v) is 5.85. The van der Waals surface area contributed by atoms with Crippen molar-refractivity contribution in [2.45, 2.75) is 12.5 Å². The Morgan fingerprint density at radius 3 is 2.96 bits per heavy atom. The van der Waals surface area contributed by atoms with Gasteiger partial charge in [0.25, 0.3) is 0 Å². The summed E-state index contributed by atoms with van der Waals surface area (Å²) in [6.07, 6.45) is 2.31. The van der Waals surface area contributed by atoms with Crippen molar-refractivity contribution >= 4 is 22.4 Å². The highest BCUT2D eigenvalue weighted by atomic mass is 16.6. The average Bonchev–Trinajstić information content (AvgIpc) is 3.25. The zero-order valence-electron chi connectivity index (χ0n) is 13.5. The van der Waals surface area contributed by atoms with E-state index in [1.807, 2.05) is 40.8 Å². The molecule has 25 heavy (non-hydrogen) atoms. The van der Waals surface area contributed by atoms with Crippen LogP contribution in [-0.4, -0.2) is 36.3 Å². The third kappa shape index (κ3) is 2.79. The molecule has 2 aromatic heterocycles. The average molecular weight is 336 g/mol. The van der Waals surface area contributed by atoms with E-state index < -0.39 is 0 Å². The Morgan fingerprint density at radius 2 is 2.16 bits per heavy atom. The number of hydrogen-bond donors (Lipinski definition) is 0. The number of rotatable bonds is 4. The lowest BCUT2D eigenvalue weighted by Gasteiger charge is -2.10. The van der Waals surface area contributed by atoms with E-state index in [1.54, 1.807) is 12.3 Å². The zero-order valence-corrected chi connectivity index (χ0v) is 13.5. The van der Waals surface area contributed by atoms with Crippen molar-refractivity contribution in [3.05, 3.63) is 48.2 Å². The normalized spacial score (nSPS) is 16.8. The topological polar surface area (TPSA) is 73.0 Å². The Bertz CT molecular complexity index is 980. The van der Waals surface area contributed by atoms with Crippen LogP contribution in [0.1, 0.15) is 16.8 Å². The highest BCUT2D eigenvalue weighted by Gasteiger charge is 2.25. The number of benzene rings is 1. The molecule has 0 amide bonds. The Hall–Kier alpha value is -3.04. The molecule has 1 saturated heterocycles. The quantitative estimate of drug-likeness (QED) is 0.685. The van der Waals surface area contributed by atoms with Crippen molar-refractivity contribution in [1.82, 2.24) is 4.40 Å². The zero-order chi connectivity index (χ0) is 17.2. The van der Waals surface area contributed by atoms with E-state index in [-0.39, 0.29) is 18.7 Å². The van der Waals surface area contributed by atoms with Crippen molar-refractivity contribution < 1.29 is 19.0 Å². The van der Waals surface area contributed by atoms with E-state index in [1.165, 1.54) is 0 Å². The first kappa shape index (κ1) is 15.5. The smallest absolute Gasteiger partial charge is 0.341 e. The lowest BCUT2D eigenvalue weighted by Crippen LogP contribution is -2.18. The predicted molar refractivity (Wildman–Crippen MR) is 90.7 cm³/mol. The fourth-order valence-corrected chi connectivity index (χ4v) is 3.15. The number of para-hydroxylation sites is 1. The third-order valence-corrected chi connectivity index (χ3v) is 4.28. The molecule has 0 saturated carbocycles. The molecule has 0 spiro atoms. The van der Waals surface area contributed by atoms with Crippen LogP contribution in [0.3, 0.4) is 0 Å². The van der Waals surface area contributed by atoms with Gasteiger partial charge in [0.1, 0.15) is 17.9 Å². The lowest BCUT2D eigenvalue weighted by molar-refractivity contribution is 0.0275. The molecule has 0 N–H and O–H groups in total. The Balaban J connectivity index is 1.81. The summed E-state index contributed by atoms with van der Waals surface area (Å²) in [5, 5.41) is 9.50. The fourth-order valence-electron chi connectivity index (χ4n) is 3.15. The van der Waals surface area contributed by atoms with Crippen molar-refractivity contribution in [2.75, 3.05) is 19.8 Å². The molecule has 1 unspecified atom stereocenters. The van der Waals surface area contributed by atoms with Gasteiger partial charge in [-0.3, -0.25) is 0 Å². The number of nitriles is 1. The molecule has 0 bridgehead atoms. The van der Waals surface area contributed by atoms with Crippen LogP contribution in [0.15, 0.2) is 42.6 Å². The highest BCUT2D eigenvalue weighted by Crippen LogP contribution is 2.30. The van der Waals surface area contributed by atoms with Crippen LogP contribution in [0.4, 0.5) is 0 Å². The van der Waals surface area contributed by atoms with Gasteiger partial charge in [-0.1, -0.05) is 18.2 Å². The van der Waals surface area contributed by atoms with Gasteiger partial charge in [0.2, 0.25) is 0 Å². The van der Waals surface area contributed by atoms with Gasteiger partial charge in [-0.25, -0.2) is 4.79 Å². The molecule has 3 heterocycles. The number of aromatic nitrogens is 1. The van der Waals surface area contributed by atoms with Crippen LogP contribution in [0.25, 0.3) is 16.4 Å². The van der Waals surface area contributed by atoms with Crippen LogP contribution in [-0.2, 0) is 9.47 Å². The molecular formula is C19H16N2O4. The van der Waals surface area contributed by atoms with Crippen LogP contribution >= 0.6 is 0 Å². The molecule has 1 atom stereocenters. The van der Waals surface area contributed by atoms with Crippen LogP contribution in [0.5, 0.6) is 5.75 Å². The summed E-state index contributed by atoms with van der Waals surface area (Å²) < 4.78 is 18.2. The molecule has 1 aromatic carbocycles. The largest absolute Gasteiger partial charge is 0.477 e. The highest BCUT2D eigenvalue weighted by molar-refractivity contribution is 6.11. The van der Waals surface area contributed by atoms with Gasteiger partial charge in [0.15, 0.2) is 6.61 Å². The molecule has 0 aliphatic carbocycles. The monoisotopic (exact) mass is 336 g/mol. The number of esters is 1. The van der Waals surface area contributed by atoms with Crippen molar-refractivity contribution in [1.29, 1.82) is 5.26 Å². The molecule has 3 aromatic rings. The first-order valence-corrected chi connectivity index (χ1v) is 8.09. The summed E-state index contributed by atoms with van der Waals surface area (Å²) in [5.74, 6) is 0.221. The molecule has 4 rings (SSSR count). The van der Waals surface area contributed by atoms with E-state index in [0.29, 0.717) is 24.5 Å². The Labute approximate surface area is 144 Å². The van der Waals surface area contributed by atoms with E-state index >= 15 is 0 Å². The number of fused-ring (bicyclic) bond motifs is 3. The summed E-state index contributed by atoms with van der Waals surface area (Å²) in [4.78, 5) is 12.8. The van der Waals surface area contributed by atoms with Gasteiger partial charge < -0.3 is 18.6 Å². The maximum Gasteiger partial charge on any atom is 0.341 e. The molecular weight excluding hydrogens is 320 g/mol. The number of nitrogens with zero attached hydrogens (tertiary/aromatic N) is 2. The molecule has 1 fully saturated rings. The molecule has 1 aliphatic heterocycles. The van der Waals surface area contributed by atoms with Gasteiger partial charge in [0, 0.05) is 11.8 Å². The number of pyridine rings is 1. The summed E-state index contributed by atoms with van der Waals surface area (Å²) in [6, 6.07) is 13.2. The fraction of sp³-hybridized carbons (Fsp3) is 0.263. The van der Waals surface area contributed by atoms with E-state index in [4.69, 9.17) is 19.5 Å². The SMILES string of the molecule is N#CCOc1ccc2c(C(=O)OC3CCOC3)c3ccccc3n2c1. The molecule has 126 valence electrons. The second-order valence-electron chi connectivity index (χ2n) is 5.85. The third-order valence-electron chi connectivity index (χ3n) is 4.28. The molecule has 6 heteroatoms. The van der Waals surface area contributed by atoms with Gasteiger partial charge in [0.05, 0.1) is 36.0 Å². The first-order chi connectivity index (χ1) is 12.3. The van der Waals surface area contributed by atoms with Gasteiger partial charge >= 0.3 is 5.97 Å². The van der Waals surface area contributed by atoms with E-state index in [9.17, 15) is 4.79 Å². The summed E-state index contributed by atoms with van der Waals surface area (Å²) in [6.45, 7) is 1.04. The maximum absolute atomic E-state index is 12.8. The van der Waals surface area contributed by atoms with Gasteiger partial charge in [-0.05, 0) is 18.2 Å². The van der Waals surface area contributed by atoms with E-state index in [2.05, 4.69) is 0 Å². The molecule has 6 nitrogen and oxygen atoms in total. The van der Waals surface area contributed by atoms with E-state index in [0.717, 1.165) is 22.8 Å². The summed E-state index contributed by atoms with van der Waals surface area (Å²) >= 11 is 0. The number of hydrogen-bond acceptors (Lipinski definition) is 5. The predicted octanol–water partition coefficient (Wildman–Crippen LogP) is 2.94. The lowest BCUT2D eigenvalue weighted by atomic mass is 10.1. The van der Waals surface area contributed by atoms with Crippen molar-refractivity contribution in [3.8, 4) is 11.8 Å². The first-order valence-electron chi connectivity index (χ1n) is 8.09. The van der Waals surface area contributed by atoms with Crippen LogP contribution in [0.2, 0.25) is 0 Å². The number of carbonyl (C=O) groups is 1. The maximum atomic E-state index is 12.8. The van der Waals surface area contributed by atoms with Crippen molar-refractivity contribution in [3.63, 3.8) is 0 Å². The molecule has 1 aliphatic rings. The second kappa shape index (κ2) is 6.46. The van der Waals surface area contributed by atoms with Gasteiger partial charge in [-0.2, -0.15) is 5.26 Å². The minimum Gasteiger partial charge on any atom is -0.477 e. The summed E-state index contributed by atoms with van der Waals surface area (Å²) in [7, 11) is 0. The molecule has 0 radical (unpaired) electrons. The number of carbonyl (C=O) groups excluding carboxylic acids is 1. The minimum absolute atomic E-state index is 0.0265. The van der Waals surface area contributed by atoms with Crippen LogP contribution in [0, 0.1) is 11.3 Å². The Kier molecular flexibility index (Phi) is 4.00. The minimum atomic E-state index is -0.347. The standard InChI is InChI=1S/C19H16N2O4/c20-8-10-24-13-5-6-17-18(19(22)25-14-7-9-23-12-14)15-3-1-2-4-16(15)21(17)11-13/h1-6,11,14H,7,9-10,12H2.